The molecule has 1 amide bonds. The molecule has 2 fully saturated rings. The SMILES string of the molecule is Cl.Cl.O=C(NCC1CCN(CC(O)c2ccccc2)CC1)C1CSCN1. The summed E-state index contributed by atoms with van der Waals surface area (Å²) in [7, 11) is 0. The molecule has 2 saturated heterocycles. The van der Waals surface area contributed by atoms with Crippen LogP contribution in [0.1, 0.15) is 24.5 Å². The van der Waals surface area contributed by atoms with E-state index in [-0.39, 0.29) is 36.8 Å². The van der Waals surface area contributed by atoms with Crippen molar-refractivity contribution >= 4 is 42.5 Å². The summed E-state index contributed by atoms with van der Waals surface area (Å²) in [4.78, 5) is 14.3. The van der Waals surface area contributed by atoms with E-state index >= 15 is 0 Å². The number of piperidine rings is 1. The molecule has 148 valence electrons. The second-order valence-electron chi connectivity index (χ2n) is 6.69. The Hall–Kier alpha value is -0.500. The molecule has 0 radical (unpaired) electrons. The number of likely N-dealkylation sites (tertiary alicyclic amines) is 1. The third-order valence-corrected chi connectivity index (χ3v) is 5.86. The number of carbonyl (C=O) groups excluding carboxylic acids is 1. The molecule has 0 bridgehead atoms. The molecule has 0 aliphatic carbocycles. The number of aliphatic hydroxyl groups is 1. The van der Waals surface area contributed by atoms with Crippen LogP contribution in [0.25, 0.3) is 0 Å². The van der Waals surface area contributed by atoms with E-state index in [0.29, 0.717) is 12.5 Å². The van der Waals surface area contributed by atoms with E-state index in [1.807, 2.05) is 30.3 Å². The molecule has 3 N–H and O–H groups in total. The largest absolute Gasteiger partial charge is 0.387 e. The maximum Gasteiger partial charge on any atom is 0.238 e. The predicted molar refractivity (Wildman–Crippen MR) is 112 cm³/mol. The molecule has 2 unspecified atom stereocenters. The van der Waals surface area contributed by atoms with Gasteiger partial charge < -0.3 is 15.3 Å². The highest BCUT2D eigenvalue weighted by atomic mass is 35.5. The van der Waals surface area contributed by atoms with Gasteiger partial charge in [-0.25, -0.2) is 0 Å². The van der Waals surface area contributed by atoms with Crippen molar-refractivity contribution in [1.29, 1.82) is 0 Å². The zero-order valence-electron chi connectivity index (χ0n) is 14.8. The Bertz CT molecular complexity index is 524. The fourth-order valence-electron chi connectivity index (χ4n) is 3.33. The average molecular weight is 422 g/mol. The Morgan fingerprint density at radius 2 is 1.96 bits per heavy atom. The van der Waals surface area contributed by atoms with Crippen LogP contribution >= 0.6 is 36.6 Å². The Balaban J connectivity index is 0.00000169. The maximum atomic E-state index is 12.0. The summed E-state index contributed by atoms with van der Waals surface area (Å²) < 4.78 is 0. The predicted octanol–water partition coefficient (Wildman–Crippen LogP) is 2.05. The molecule has 1 aromatic carbocycles. The highest BCUT2D eigenvalue weighted by Gasteiger charge is 2.25. The molecule has 8 heteroatoms. The summed E-state index contributed by atoms with van der Waals surface area (Å²) in [6, 6.07) is 9.83. The van der Waals surface area contributed by atoms with Gasteiger partial charge in [0.25, 0.3) is 0 Å². The van der Waals surface area contributed by atoms with Crippen LogP contribution in [0.3, 0.4) is 0 Å². The summed E-state index contributed by atoms with van der Waals surface area (Å²) in [6.45, 7) is 3.44. The lowest BCUT2D eigenvalue weighted by Crippen LogP contribution is -2.45. The minimum absolute atomic E-state index is 0. The van der Waals surface area contributed by atoms with Gasteiger partial charge >= 0.3 is 0 Å². The molecule has 26 heavy (non-hydrogen) atoms. The van der Waals surface area contributed by atoms with Gasteiger partial charge in [-0.2, -0.15) is 0 Å². The molecule has 3 rings (SSSR count). The number of nitrogens with zero attached hydrogens (tertiary/aromatic N) is 1. The molecule has 0 saturated carbocycles. The number of nitrogens with one attached hydrogen (secondary N) is 2. The van der Waals surface area contributed by atoms with Gasteiger partial charge in [0, 0.05) is 24.7 Å². The highest BCUT2D eigenvalue weighted by molar-refractivity contribution is 7.99. The maximum absolute atomic E-state index is 12.0. The van der Waals surface area contributed by atoms with Crippen molar-refractivity contribution < 1.29 is 9.90 Å². The van der Waals surface area contributed by atoms with Crippen molar-refractivity contribution in [1.82, 2.24) is 15.5 Å². The van der Waals surface area contributed by atoms with Gasteiger partial charge in [0.1, 0.15) is 0 Å². The minimum Gasteiger partial charge on any atom is -0.387 e. The van der Waals surface area contributed by atoms with Crippen LogP contribution in [0.4, 0.5) is 0 Å². The highest BCUT2D eigenvalue weighted by Crippen LogP contribution is 2.20. The number of benzene rings is 1. The van der Waals surface area contributed by atoms with Gasteiger partial charge in [0.05, 0.1) is 12.1 Å². The van der Waals surface area contributed by atoms with Crippen molar-refractivity contribution in [3.8, 4) is 0 Å². The molecule has 5 nitrogen and oxygen atoms in total. The van der Waals surface area contributed by atoms with Crippen molar-refractivity contribution in [3.63, 3.8) is 0 Å². The van der Waals surface area contributed by atoms with E-state index in [9.17, 15) is 9.90 Å². The molecule has 1 aromatic rings. The molecular weight excluding hydrogens is 393 g/mol. The van der Waals surface area contributed by atoms with Gasteiger partial charge in [0.15, 0.2) is 0 Å². The number of halogens is 2. The van der Waals surface area contributed by atoms with Gasteiger partial charge in [-0.15, -0.1) is 36.6 Å². The van der Waals surface area contributed by atoms with Gasteiger partial charge in [-0.05, 0) is 37.4 Å². The van der Waals surface area contributed by atoms with Crippen LogP contribution in [0.2, 0.25) is 0 Å². The number of thioether (sulfide) groups is 1. The molecular formula is C18H29Cl2N3O2S. The molecule has 0 aromatic heterocycles. The monoisotopic (exact) mass is 421 g/mol. The number of hydrogen-bond donors (Lipinski definition) is 3. The lowest BCUT2D eigenvalue weighted by Gasteiger charge is -2.33. The second-order valence-corrected chi connectivity index (χ2v) is 7.72. The zero-order chi connectivity index (χ0) is 16.8. The van der Waals surface area contributed by atoms with Gasteiger partial charge in [0.2, 0.25) is 5.91 Å². The number of amides is 1. The average Bonchev–Trinajstić information content (AvgIpc) is 3.16. The van der Waals surface area contributed by atoms with Gasteiger partial charge in [-0.1, -0.05) is 30.3 Å². The van der Waals surface area contributed by atoms with Gasteiger partial charge in [-0.3, -0.25) is 10.1 Å². The van der Waals surface area contributed by atoms with Crippen LogP contribution in [0.15, 0.2) is 30.3 Å². The van der Waals surface area contributed by atoms with Crippen LogP contribution in [-0.4, -0.2) is 59.8 Å². The summed E-state index contributed by atoms with van der Waals surface area (Å²) in [5.74, 6) is 2.44. The van der Waals surface area contributed by atoms with E-state index in [0.717, 1.165) is 49.7 Å². The molecule has 2 heterocycles. The van der Waals surface area contributed by atoms with Crippen LogP contribution < -0.4 is 10.6 Å². The van der Waals surface area contributed by atoms with Crippen LogP contribution in [-0.2, 0) is 4.79 Å². The number of β-amino-alcohol motifs (C(OH)–C–C–N with tert-alkyl or cyclic N) is 1. The van der Waals surface area contributed by atoms with Crippen molar-refractivity contribution in [2.24, 2.45) is 5.92 Å². The lowest BCUT2D eigenvalue weighted by atomic mass is 9.96. The lowest BCUT2D eigenvalue weighted by molar-refractivity contribution is -0.122. The quantitative estimate of drug-likeness (QED) is 0.655. The minimum atomic E-state index is -0.423. The van der Waals surface area contributed by atoms with Crippen LogP contribution in [0, 0.1) is 5.92 Å². The Labute approximate surface area is 172 Å². The van der Waals surface area contributed by atoms with E-state index in [1.165, 1.54) is 0 Å². The smallest absolute Gasteiger partial charge is 0.238 e. The van der Waals surface area contributed by atoms with E-state index in [4.69, 9.17) is 0 Å². The Morgan fingerprint density at radius 1 is 1.27 bits per heavy atom. The standard InChI is InChI=1S/C18H27N3O2S.2ClH/c22-17(15-4-2-1-3-5-15)11-21-8-6-14(7-9-21)10-19-18(23)16-12-24-13-20-16;;/h1-5,14,16-17,20,22H,6-13H2,(H,19,23);2*1H. The first-order valence-electron chi connectivity index (χ1n) is 8.76. The topological polar surface area (TPSA) is 64.6 Å². The fourth-order valence-corrected chi connectivity index (χ4v) is 4.27. The summed E-state index contributed by atoms with van der Waals surface area (Å²) in [6.07, 6.45) is 1.73. The first-order valence-corrected chi connectivity index (χ1v) is 9.92. The third-order valence-electron chi connectivity index (χ3n) is 4.92. The molecule has 0 spiro atoms. The summed E-state index contributed by atoms with van der Waals surface area (Å²) in [5.41, 5.74) is 0.980. The van der Waals surface area contributed by atoms with Crippen molar-refractivity contribution in [2.45, 2.75) is 25.0 Å². The van der Waals surface area contributed by atoms with E-state index < -0.39 is 6.10 Å². The van der Waals surface area contributed by atoms with Crippen molar-refractivity contribution in [2.75, 3.05) is 37.8 Å². The first-order chi connectivity index (χ1) is 11.7. The second kappa shape index (κ2) is 12.1. The fraction of sp³-hybridized carbons (Fsp3) is 0.611. The van der Waals surface area contributed by atoms with Crippen LogP contribution in [0.5, 0.6) is 0 Å². The van der Waals surface area contributed by atoms with E-state index in [1.54, 1.807) is 11.8 Å². The normalized spacial score (nSPS) is 22.1. The Morgan fingerprint density at radius 3 is 2.58 bits per heavy atom. The van der Waals surface area contributed by atoms with Crippen molar-refractivity contribution in [3.05, 3.63) is 35.9 Å². The number of hydrogen-bond acceptors (Lipinski definition) is 5. The third kappa shape index (κ3) is 6.91. The number of carbonyl (C=O) groups is 1. The molecule has 2 atom stereocenters. The summed E-state index contributed by atoms with van der Waals surface area (Å²) in [5, 5.41) is 16.6. The molecule has 2 aliphatic rings. The summed E-state index contributed by atoms with van der Waals surface area (Å²) >= 11 is 1.77. The number of aliphatic hydroxyl groups excluding tert-OH is 1. The zero-order valence-corrected chi connectivity index (χ0v) is 17.3. The van der Waals surface area contributed by atoms with E-state index in [2.05, 4.69) is 15.5 Å². The Kier molecular flexibility index (Phi) is 10.9. The molecule has 2 aliphatic heterocycles. The first kappa shape index (κ1) is 23.5. The number of rotatable bonds is 6.